The molecule has 0 saturated carbocycles. The number of anilines is 1. The maximum Gasteiger partial charge on any atom is 0.243 e. The molecule has 0 N–H and O–H groups in total. The molecule has 0 atom stereocenters. The Morgan fingerprint density at radius 2 is 1.61 bits per heavy atom. The SMILES string of the molecule is N#Cc1ccc(CN2CCCN(S(=O)(=O)c3ccc(N4CCCC4=O)cc3)CC2)cc1. The maximum absolute atomic E-state index is 13.2. The molecule has 1 amide bonds. The van der Waals surface area contributed by atoms with E-state index >= 15 is 0 Å². The van der Waals surface area contributed by atoms with Gasteiger partial charge < -0.3 is 4.90 Å². The van der Waals surface area contributed by atoms with Crippen molar-refractivity contribution in [3.05, 3.63) is 59.7 Å². The Kier molecular flexibility index (Phi) is 6.37. The zero-order valence-electron chi connectivity index (χ0n) is 17.4. The Bertz CT molecular complexity index is 1080. The van der Waals surface area contributed by atoms with Crippen LogP contribution < -0.4 is 4.90 Å². The van der Waals surface area contributed by atoms with Crippen molar-refractivity contribution in [1.82, 2.24) is 9.21 Å². The van der Waals surface area contributed by atoms with Gasteiger partial charge >= 0.3 is 0 Å². The average Bonchev–Trinajstić information content (AvgIpc) is 3.07. The lowest BCUT2D eigenvalue weighted by Gasteiger charge is -2.22. The second kappa shape index (κ2) is 9.18. The first-order valence-corrected chi connectivity index (χ1v) is 12.0. The van der Waals surface area contributed by atoms with Gasteiger partial charge in [0.2, 0.25) is 15.9 Å². The fourth-order valence-electron chi connectivity index (χ4n) is 4.16. The summed E-state index contributed by atoms with van der Waals surface area (Å²) in [6, 6.07) is 16.3. The van der Waals surface area contributed by atoms with E-state index in [9.17, 15) is 13.2 Å². The van der Waals surface area contributed by atoms with E-state index in [4.69, 9.17) is 5.26 Å². The van der Waals surface area contributed by atoms with Gasteiger partial charge in [-0.3, -0.25) is 9.69 Å². The molecule has 2 aliphatic heterocycles. The van der Waals surface area contributed by atoms with Gasteiger partial charge in [0.15, 0.2) is 0 Å². The quantitative estimate of drug-likeness (QED) is 0.716. The van der Waals surface area contributed by atoms with Crippen LogP contribution in [0.5, 0.6) is 0 Å². The molecule has 31 heavy (non-hydrogen) atoms. The molecule has 0 bridgehead atoms. The average molecular weight is 439 g/mol. The molecule has 2 aromatic carbocycles. The van der Waals surface area contributed by atoms with Gasteiger partial charge in [0.25, 0.3) is 0 Å². The number of hydrogen-bond acceptors (Lipinski definition) is 5. The smallest absolute Gasteiger partial charge is 0.243 e. The van der Waals surface area contributed by atoms with Gasteiger partial charge in [-0.25, -0.2) is 8.42 Å². The van der Waals surface area contributed by atoms with E-state index in [0.29, 0.717) is 38.2 Å². The minimum Gasteiger partial charge on any atom is -0.312 e. The van der Waals surface area contributed by atoms with Crippen LogP contribution in [0.1, 0.15) is 30.4 Å². The first-order valence-electron chi connectivity index (χ1n) is 10.6. The van der Waals surface area contributed by atoms with E-state index in [1.165, 1.54) is 0 Å². The van der Waals surface area contributed by atoms with Gasteiger partial charge in [-0.2, -0.15) is 9.57 Å². The highest BCUT2D eigenvalue weighted by molar-refractivity contribution is 7.89. The van der Waals surface area contributed by atoms with Crippen LogP contribution in [0, 0.1) is 11.3 Å². The monoisotopic (exact) mass is 438 g/mol. The third kappa shape index (κ3) is 4.79. The molecule has 2 fully saturated rings. The predicted octanol–water partition coefficient (Wildman–Crippen LogP) is 2.58. The number of hydrogen-bond donors (Lipinski definition) is 0. The summed E-state index contributed by atoms with van der Waals surface area (Å²) in [6.07, 6.45) is 2.15. The van der Waals surface area contributed by atoms with Crippen LogP contribution >= 0.6 is 0 Å². The van der Waals surface area contributed by atoms with Gasteiger partial charge in [-0.05, 0) is 61.3 Å². The minimum absolute atomic E-state index is 0.0884. The summed E-state index contributed by atoms with van der Waals surface area (Å²) in [5.41, 5.74) is 2.50. The van der Waals surface area contributed by atoms with Crippen LogP contribution in [0.25, 0.3) is 0 Å². The largest absolute Gasteiger partial charge is 0.312 e. The van der Waals surface area contributed by atoms with Crippen LogP contribution in [0.2, 0.25) is 0 Å². The first-order chi connectivity index (χ1) is 15.0. The summed E-state index contributed by atoms with van der Waals surface area (Å²) in [6.45, 7) is 3.81. The molecule has 0 spiro atoms. The number of nitriles is 1. The van der Waals surface area contributed by atoms with Crippen molar-refractivity contribution in [1.29, 1.82) is 5.26 Å². The Hall–Kier alpha value is -2.73. The van der Waals surface area contributed by atoms with E-state index < -0.39 is 10.0 Å². The Balaban J connectivity index is 1.40. The second-order valence-corrected chi connectivity index (χ2v) is 9.92. The summed E-state index contributed by atoms with van der Waals surface area (Å²) >= 11 is 0. The Morgan fingerprint density at radius 1 is 0.871 bits per heavy atom. The summed E-state index contributed by atoms with van der Waals surface area (Å²) in [5.74, 6) is 0.0884. The van der Waals surface area contributed by atoms with Crippen LogP contribution in [-0.4, -0.2) is 56.3 Å². The number of benzene rings is 2. The van der Waals surface area contributed by atoms with E-state index in [1.807, 2.05) is 24.3 Å². The van der Waals surface area contributed by atoms with E-state index in [1.54, 1.807) is 33.5 Å². The predicted molar refractivity (Wildman–Crippen MR) is 118 cm³/mol. The van der Waals surface area contributed by atoms with E-state index in [2.05, 4.69) is 11.0 Å². The molecule has 8 heteroatoms. The number of nitrogens with zero attached hydrogens (tertiary/aromatic N) is 4. The van der Waals surface area contributed by atoms with Crippen molar-refractivity contribution in [2.24, 2.45) is 0 Å². The highest BCUT2D eigenvalue weighted by atomic mass is 32.2. The van der Waals surface area contributed by atoms with Crippen molar-refractivity contribution in [3.63, 3.8) is 0 Å². The molecule has 2 aromatic rings. The van der Waals surface area contributed by atoms with Crippen LogP contribution in [0.15, 0.2) is 53.4 Å². The summed E-state index contributed by atoms with van der Waals surface area (Å²) in [5, 5.41) is 8.93. The maximum atomic E-state index is 13.2. The van der Waals surface area contributed by atoms with Crippen molar-refractivity contribution >= 4 is 21.6 Å². The van der Waals surface area contributed by atoms with Gasteiger partial charge in [0.05, 0.1) is 16.5 Å². The van der Waals surface area contributed by atoms with Crippen molar-refractivity contribution in [2.75, 3.05) is 37.6 Å². The Morgan fingerprint density at radius 3 is 2.26 bits per heavy atom. The fraction of sp³-hybridized carbons (Fsp3) is 0.391. The number of carbonyl (C=O) groups is 1. The highest BCUT2D eigenvalue weighted by Gasteiger charge is 2.28. The molecule has 0 aliphatic carbocycles. The lowest BCUT2D eigenvalue weighted by Crippen LogP contribution is -2.35. The molecule has 2 heterocycles. The molecule has 7 nitrogen and oxygen atoms in total. The Labute approximate surface area is 183 Å². The standard InChI is InChI=1S/C23H26N4O3S/c24-17-19-4-6-20(7-5-19)18-25-12-2-13-26(16-15-25)31(29,30)22-10-8-21(9-11-22)27-14-1-3-23(27)28/h4-11H,1-3,12-16,18H2. The van der Waals surface area contributed by atoms with Crippen LogP contribution in [0.4, 0.5) is 5.69 Å². The number of sulfonamides is 1. The zero-order chi connectivity index (χ0) is 21.8. The molecule has 2 saturated heterocycles. The van der Waals surface area contributed by atoms with Crippen LogP contribution in [0.3, 0.4) is 0 Å². The topological polar surface area (TPSA) is 84.7 Å². The molecular weight excluding hydrogens is 412 g/mol. The number of rotatable bonds is 5. The summed E-state index contributed by atoms with van der Waals surface area (Å²) < 4.78 is 27.9. The van der Waals surface area contributed by atoms with Gasteiger partial charge in [-0.1, -0.05) is 12.1 Å². The molecule has 0 unspecified atom stereocenters. The molecule has 0 aromatic heterocycles. The van der Waals surface area contributed by atoms with Crippen LogP contribution in [-0.2, 0) is 21.4 Å². The normalized spacial score (nSPS) is 18.7. The third-order valence-corrected chi connectivity index (χ3v) is 7.81. The number of carbonyl (C=O) groups excluding carboxylic acids is 1. The van der Waals surface area contributed by atoms with Gasteiger partial charge in [0.1, 0.15) is 0 Å². The van der Waals surface area contributed by atoms with Crippen molar-refractivity contribution in [2.45, 2.75) is 30.7 Å². The highest BCUT2D eigenvalue weighted by Crippen LogP contribution is 2.25. The molecule has 0 radical (unpaired) electrons. The molecule has 2 aliphatic rings. The summed E-state index contributed by atoms with van der Waals surface area (Å²) in [4.78, 5) is 16.1. The van der Waals surface area contributed by atoms with E-state index in [0.717, 1.165) is 37.2 Å². The van der Waals surface area contributed by atoms with Gasteiger partial charge in [-0.15, -0.1) is 0 Å². The minimum atomic E-state index is -3.58. The lowest BCUT2D eigenvalue weighted by molar-refractivity contribution is -0.117. The second-order valence-electron chi connectivity index (χ2n) is 7.99. The molecule has 162 valence electrons. The zero-order valence-corrected chi connectivity index (χ0v) is 18.2. The molecule has 4 rings (SSSR count). The molecular formula is C23H26N4O3S. The number of amides is 1. The van der Waals surface area contributed by atoms with Crippen molar-refractivity contribution < 1.29 is 13.2 Å². The summed E-state index contributed by atoms with van der Waals surface area (Å²) in [7, 11) is -3.58. The first kappa shape index (κ1) is 21.5. The third-order valence-electron chi connectivity index (χ3n) is 5.90. The fourth-order valence-corrected chi connectivity index (χ4v) is 5.63. The lowest BCUT2D eigenvalue weighted by atomic mass is 10.1. The van der Waals surface area contributed by atoms with Crippen molar-refractivity contribution in [3.8, 4) is 6.07 Å². The van der Waals surface area contributed by atoms with Gasteiger partial charge in [0, 0.05) is 44.8 Å². The van der Waals surface area contributed by atoms with E-state index in [-0.39, 0.29) is 10.8 Å².